The smallest absolute Gasteiger partial charge is 0.331 e. The molecule has 1 aromatic rings. The Bertz CT molecular complexity index is 325. The molecule has 0 bridgehead atoms. The van der Waals surface area contributed by atoms with Crippen LogP contribution in [0.5, 0.6) is 0 Å². The summed E-state index contributed by atoms with van der Waals surface area (Å²) in [5.74, 6) is -0.346. The van der Waals surface area contributed by atoms with E-state index < -0.39 is 0 Å². The zero-order valence-corrected chi connectivity index (χ0v) is 8.19. The highest BCUT2D eigenvalue weighted by Crippen LogP contribution is 2.11. The Morgan fingerprint density at radius 2 is 2.07 bits per heavy atom. The van der Waals surface area contributed by atoms with E-state index in [9.17, 15) is 4.79 Å². The fourth-order valence-electron chi connectivity index (χ4n) is 1.06. The number of rotatable bonds is 3. The Labute approximate surface area is 84.2 Å². The molecule has 0 heterocycles. The van der Waals surface area contributed by atoms with Gasteiger partial charge < -0.3 is 4.74 Å². The van der Waals surface area contributed by atoms with Crippen LogP contribution in [0.4, 0.5) is 0 Å². The zero-order chi connectivity index (χ0) is 10.4. The summed E-state index contributed by atoms with van der Waals surface area (Å²) in [7, 11) is 0. The molecule has 0 spiro atoms. The summed E-state index contributed by atoms with van der Waals surface area (Å²) in [5, 5.41) is 0. The van der Waals surface area contributed by atoms with Gasteiger partial charge in [0.2, 0.25) is 0 Å². The monoisotopic (exact) mass is 189 g/mol. The van der Waals surface area contributed by atoms with Crippen molar-refractivity contribution in [2.45, 2.75) is 6.92 Å². The molecule has 1 aromatic carbocycles. The summed E-state index contributed by atoms with van der Waals surface area (Å²) in [6.45, 7) is 5.95. The average Bonchev–Trinajstić information content (AvgIpc) is 2.19. The normalized spacial score (nSPS) is 11.1. The lowest BCUT2D eigenvalue weighted by atomic mass is 10.1. The van der Waals surface area contributed by atoms with Gasteiger partial charge in [0.15, 0.2) is 0 Å². The van der Waals surface area contributed by atoms with Crippen molar-refractivity contribution in [2.24, 2.45) is 0 Å². The van der Waals surface area contributed by atoms with Crippen molar-refractivity contribution in [2.75, 3.05) is 6.61 Å². The van der Waals surface area contributed by atoms with Gasteiger partial charge in [-0.25, -0.2) is 4.79 Å². The van der Waals surface area contributed by atoms with Crippen LogP contribution in [0.25, 0.3) is 5.57 Å². The molecule has 2 nitrogen and oxygen atoms in total. The van der Waals surface area contributed by atoms with Gasteiger partial charge >= 0.3 is 5.97 Å². The van der Waals surface area contributed by atoms with E-state index in [0.29, 0.717) is 12.2 Å². The van der Waals surface area contributed by atoms with Crippen LogP contribution in [-0.2, 0) is 9.53 Å². The van der Waals surface area contributed by atoms with Crippen molar-refractivity contribution in [3.63, 3.8) is 0 Å². The second-order valence-electron chi connectivity index (χ2n) is 2.79. The van der Waals surface area contributed by atoms with Crippen molar-refractivity contribution in [3.05, 3.63) is 48.9 Å². The van der Waals surface area contributed by atoms with E-state index >= 15 is 0 Å². The molecule has 1 radical (unpaired) electrons. The molecule has 0 unspecified atom stereocenters. The van der Waals surface area contributed by atoms with Crippen molar-refractivity contribution in [1.29, 1.82) is 0 Å². The molecule has 0 aliphatic rings. The topological polar surface area (TPSA) is 26.3 Å². The third-order valence-electron chi connectivity index (χ3n) is 1.72. The Hall–Kier alpha value is -1.57. The second-order valence-corrected chi connectivity index (χ2v) is 2.79. The summed E-state index contributed by atoms with van der Waals surface area (Å²) in [6.07, 6.45) is 1.40. The minimum Gasteiger partial charge on any atom is -0.463 e. The van der Waals surface area contributed by atoms with E-state index in [2.05, 4.69) is 6.92 Å². The molecule has 0 saturated carbocycles. The quantitative estimate of drug-likeness (QED) is 0.539. The lowest BCUT2D eigenvalue weighted by Gasteiger charge is -2.00. The standard InChI is InChI=1S/C12H13O2/c1-3-14-12(13)9-10(2)11-7-5-4-6-8-11/h4-9H,2-3H2,1H3/b10-9-. The van der Waals surface area contributed by atoms with Gasteiger partial charge in [0, 0.05) is 6.08 Å². The molecule has 0 N–H and O–H groups in total. The number of allylic oxidation sites excluding steroid dienone is 1. The molecule has 0 aromatic heterocycles. The van der Waals surface area contributed by atoms with Gasteiger partial charge in [-0.05, 0) is 25.0 Å². The van der Waals surface area contributed by atoms with Crippen molar-refractivity contribution in [3.8, 4) is 0 Å². The van der Waals surface area contributed by atoms with E-state index in [1.165, 1.54) is 6.08 Å². The average molecular weight is 189 g/mol. The first-order valence-corrected chi connectivity index (χ1v) is 4.50. The summed E-state index contributed by atoms with van der Waals surface area (Å²) in [6, 6.07) is 9.52. The van der Waals surface area contributed by atoms with E-state index in [0.717, 1.165) is 5.56 Å². The molecule has 14 heavy (non-hydrogen) atoms. The third-order valence-corrected chi connectivity index (χ3v) is 1.72. The molecule has 0 fully saturated rings. The van der Waals surface area contributed by atoms with E-state index in [-0.39, 0.29) is 5.97 Å². The molecule has 0 saturated heterocycles. The number of hydrogen-bond acceptors (Lipinski definition) is 2. The second kappa shape index (κ2) is 5.22. The number of carbonyl (C=O) groups is 1. The highest BCUT2D eigenvalue weighted by molar-refractivity contribution is 5.92. The summed E-state index contributed by atoms with van der Waals surface area (Å²) >= 11 is 0. The van der Waals surface area contributed by atoms with Gasteiger partial charge in [-0.1, -0.05) is 30.3 Å². The predicted octanol–water partition coefficient (Wildman–Crippen LogP) is 2.47. The summed E-state index contributed by atoms with van der Waals surface area (Å²) in [5.41, 5.74) is 1.60. The molecule has 0 amide bonds. The highest BCUT2D eigenvalue weighted by Gasteiger charge is 1.99. The largest absolute Gasteiger partial charge is 0.463 e. The molecule has 1 rings (SSSR count). The maximum absolute atomic E-state index is 11.1. The Kier molecular flexibility index (Phi) is 3.92. The number of carbonyl (C=O) groups excluding carboxylic acids is 1. The van der Waals surface area contributed by atoms with Gasteiger partial charge in [-0.2, -0.15) is 0 Å². The number of esters is 1. The Balaban J connectivity index is 2.75. The number of ether oxygens (including phenoxy) is 1. The van der Waals surface area contributed by atoms with Gasteiger partial charge in [-0.15, -0.1) is 0 Å². The van der Waals surface area contributed by atoms with Crippen LogP contribution in [-0.4, -0.2) is 12.6 Å². The van der Waals surface area contributed by atoms with Gasteiger partial charge in [0.25, 0.3) is 0 Å². The van der Waals surface area contributed by atoms with Crippen LogP contribution in [0, 0.1) is 6.92 Å². The Morgan fingerprint density at radius 1 is 1.43 bits per heavy atom. The summed E-state index contributed by atoms with van der Waals surface area (Å²) < 4.78 is 4.78. The van der Waals surface area contributed by atoms with Gasteiger partial charge in [-0.3, -0.25) is 0 Å². The first-order valence-electron chi connectivity index (χ1n) is 4.50. The van der Waals surface area contributed by atoms with Crippen LogP contribution >= 0.6 is 0 Å². The fraction of sp³-hybridized carbons (Fsp3) is 0.167. The van der Waals surface area contributed by atoms with Crippen LogP contribution < -0.4 is 0 Å². The zero-order valence-electron chi connectivity index (χ0n) is 8.19. The van der Waals surface area contributed by atoms with Crippen molar-refractivity contribution < 1.29 is 9.53 Å². The minimum absolute atomic E-state index is 0.346. The van der Waals surface area contributed by atoms with Crippen LogP contribution in [0.15, 0.2) is 36.4 Å². The lowest BCUT2D eigenvalue weighted by molar-refractivity contribution is -0.137. The molecule has 0 atom stereocenters. The fourth-order valence-corrected chi connectivity index (χ4v) is 1.06. The summed E-state index contributed by atoms with van der Waals surface area (Å²) in [4.78, 5) is 11.1. The van der Waals surface area contributed by atoms with Crippen LogP contribution in [0.2, 0.25) is 0 Å². The predicted molar refractivity (Wildman–Crippen MR) is 56.4 cm³/mol. The van der Waals surface area contributed by atoms with Gasteiger partial charge in [0.05, 0.1) is 6.61 Å². The van der Waals surface area contributed by atoms with E-state index in [1.807, 2.05) is 30.3 Å². The van der Waals surface area contributed by atoms with E-state index in [4.69, 9.17) is 4.74 Å². The molecule has 0 aliphatic carbocycles. The highest BCUT2D eigenvalue weighted by atomic mass is 16.5. The molecular weight excluding hydrogens is 176 g/mol. The molecule has 73 valence electrons. The van der Waals surface area contributed by atoms with Crippen molar-refractivity contribution >= 4 is 11.5 Å². The SMILES string of the molecule is [CH2]/C(=C/C(=O)OCC)c1ccccc1. The molecular formula is C12H13O2. The minimum atomic E-state index is -0.346. The number of hydrogen-bond donors (Lipinski definition) is 0. The maximum atomic E-state index is 11.1. The van der Waals surface area contributed by atoms with Crippen LogP contribution in [0.1, 0.15) is 12.5 Å². The molecule has 0 aliphatic heterocycles. The maximum Gasteiger partial charge on any atom is 0.331 e. The van der Waals surface area contributed by atoms with Crippen LogP contribution in [0.3, 0.4) is 0 Å². The number of benzene rings is 1. The lowest BCUT2D eigenvalue weighted by Crippen LogP contribution is -2.00. The third kappa shape index (κ3) is 3.05. The Morgan fingerprint density at radius 3 is 2.64 bits per heavy atom. The molecule has 2 heteroatoms. The first-order chi connectivity index (χ1) is 6.74. The van der Waals surface area contributed by atoms with Crippen molar-refractivity contribution in [1.82, 2.24) is 0 Å². The first kappa shape index (κ1) is 10.5. The van der Waals surface area contributed by atoms with E-state index in [1.54, 1.807) is 6.92 Å². The van der Waals surface area contributed by atoms with Gasteiger partial charge in [0.1, 0.15) is 0 Å².